The molecule has 3 aliphatic rings. The molecule has 0 saturated heterocycles. The van der Waals surface area contributed by atoms with Crippen LogP contribution in [0, 0.1) is 38.3 Å². The minimum absolute atomic E-state index is 0. The second kappa shape index (κ2) is 12.7. The van der Waals surface area contributed by atoms with Crippen molar-refractivity contribution in [2.45, 2.75) is 138 Å². The molecule has 4 heterocycles. The van der Waals surface area contributed by atoms with Crippen LogP contribution in [-0.2, 0) is 54.0 Å². The van der Waals surface area contributed by atoms with Crippen LogP contribution in [0.1, 0.15) is 141 Å². The van der Waals surface area contributed by atoms with Gasteiger partial charge in [-0.2, -0.15) is 6.07 Å². The third-order valence-corrected chi connectivity index (χ3v) is 13.2. The van der Waals surface area contributed by atoms with Crippen molar-refractivity contribution >= 4 is 27.8 Å². The summed E-state index contributed by atoms with van der Waals surface area (Å²) in [6, 6.07) is 26.8. The Hall–Kier alpha value is -4.21. The van der Waals surface area contributed by atoms with Gasteiger partial charge in [-0.25, -0.2) is 4.98 Å². The number of aryl methyl sites for hydroxylation is 3. The second-order valence-electron chi connectivity index (χ2n) is 20.7. The molecule has 0 bridgehead atoms. The Kier molecular flexibility index (Phi) is 8.29. The van der Waals surface area contributed by atoms with E-state index in [1.807, 2.05) is 38.2 Å². The SMILES string of the molecule is [2H]C1([2H])c2cc(C)c(C)cc2[C@@]2(C)N=C(c3[c-]c(Oc4[c-]c5c(cc4C)C(C)(C)c4cc(C(C)(C)C)cc6c7cccnc7n-5c46)cc(C(C)(C)C)c3)O[C@@]12C(C)(C)C.[Pt+2]. The number of benzene rings is 4. The Bertz CT molecular complexity index is 2850. The van der Waals surface area contributed by atoms with Crippen LogP contribution < -0.4 is 4.74 Å². The molecular weight excluding hydrogens is 894 g/mol. The van der Waals surface area contributed by atoms with Crippen molar-refractivity contribution in [3.8, 4) is 17.2 Å². The maximum Gasteiger partial charge on any atom is 2.00 e. The molecule has 5 nitrogen and oxygen atoms in total. The van der Waals surface area contributed by atoms with Crippen molar-refractivity contribution in [1.29, 1.82) is 0 Å². The quantitative estimate of drug-likeness (QED) is 0.166. The molecule has 0 radical (unpaired) electrons. The zero-order chi connectivity index (χ0) is 42.8. The number of pyridine rings is 1. The van der Waals surface area contributed by atoms with E-state index in [0.29, 0.717) is 28.5 Å². The molecule has 58 heavy (non-hydrogen) atoms. The fourth-order valence-electron chi connectivity index (χ4n) is 9.53. The van der Waals surface area contributed by atoms with Gasteiger partial charge in [0.2, 0.25) is 0 Å². The van der Waals surface area contributed by atoms with E-state index in [4.69, 9.17) is 19.5 Å². The summed E-state index contributed by atoms with van der Waals surface area (Å²) in [7, 11) is 0. The summed E-state index contributed by atoms with van der Waals surface area (Å²) < 4.78 is 35.9. The molecule has 302 valence electrons. The molecule has 6 heteroatoms. The smallest absolute Gasteiger partial charge is 0.510 e. The third kappa shape index (κ3) is 5.65. The maximum absolute atomic E-state index is 9.79. The minimum Gasteiger partial charge on any atom is -0.510 e. The molecule has 0 fully saturated rings. The topological polar surface area (TPSA) is 48.6 Å². The monoisotopic (exact) mass is 952 g/mol. The van der Waals surface area contributed by atoms with E-state index in [1.165, 1.54) is 22.1 Å². The molecular formula is C52H57N3O2Pt. The summed E-state index contributed by atoms with van der Waals surface area (Å²) in [6.07, 6.45) is 0.0336. The van der Waals surface area contributed by atoms with Crippen LogP contribution in [0.25, 0.3) is 27.6 Å². The van der Waals surface area contributed by atoms with Gasteiger partial charge in [-0.1, -0.05) is 125 Å². The van der Waals surface area contributed by atoms with Crippen LogP contribution in [0.2, 0.25) is 0 Å². The Labute approximate surface area is 362 Å². The summed E-state index contributed by atoms with van der Waals surface area (Å²) in [5, 5.41) is 2.31. The van der Waals surface area contributed by atoms with E-state index < -0.39 is 22.9 Å². The van der Waals surface area contributed by atoms with Crippen LogP contribution in [-0.4, -0.2) is 21.0 Å². The molecule has 0 N–H and O–H groups in total. The van der Waals surface area contributed by atoms with Crippen LogP contribution in [0.5, 0.6) is 11.5 Å². The van der Waals surface area contributed by atoms with Gasteiger partial charge in [0, 0.05) is 43.0 Å². The van der Waals surface area contributed by atoms with Crippen molar-refractivity contribution in [2.24, 2.45) is 10.4 Å². The van der Waals surface area contributed by atoms with Gasteiger partial charge in [-0.05, 0) is 88.6 Å². The fourth-order valence-corrected chi connectivity index (χ4v) is 9.53. The minimum atomic E-state index is -1.83. The predicted molar refractivity (Wildman–Crippen MR) is 234 cm³/mol. The van der Waals surface area contributed by atoms with Crippen LogP contribution >= 0.6 is 0 Å². The van der Waals surface area contributed by atoms with Gasteiger partial charge in [0.15, 0.2) is 0 Å². The first-order valence-electron chi connectivity index (χ1n) is 21.4. The normalized spacial score (nSPS) is 22.0. The molecule has 0 spiro atoms. The number of aromatic nitrogens is 2. The molecule has 9 rings (SSSR count). The van der Waals surface area contributed by atoms with Gasteiger partial charge in [0.25, 0.3) is 0 Å². The first kappa shape index (κ1) is 38.0. The number of rotatable bonds is 3. The van der Waals surface area contributed by atoms with Gasteiger partial charge in [-0.15, -0.1) is 28.8 Å². The number of ether oxygens (including phenoxy) is 2. The molecule has 6 aromatic rings. The Morgan fingerprint density at radius 1 is 0.776 bits per heavy atom. The molecule has 1 aliphatic carbocycles. The van der Waals surface area contributed by atoms with Crippen molar-refractivity contribution in [3.05, 3.63) is 129 Å². The van der Waals surface area contributed by atoms with E-state index >= 15 is 0 Å². The fraction of sp³-hybridized carbons (Fsp3) is 0.423. The van der Waals surface area contributed by atoms with Crippen LogP contribution in [0.15, 0.2) is 65.8 Å². The van der Waals surface area contributed by atoms with E-state index in [1.54, 1.807) is 0 Å². The summed E-state index contributed by atoms with van der Waals surface area (Å²) in [6.45, 7) is 32.4. The van der Waals surface area contributed by atoms with E-state index in [9.17, 15) is 2.74 Å². The number of nitrogens with zero attached hydrogens (tertiary/aromatic N) is 3. The van der Waals surface area contributed by atoms with Crippen molar-refractivity contribution < 1.29 is 33.3 Å². The van der Waals surface area contributed by atoms with Crippen molar-refractivity contribution in [2.75, 3.05) is 0 Å². The van der Waals surface area contributed by atoms with Gasteiger partial charge in [0.1, 0.15) is 22.7 Å². The van der Waals surface area contributed by atoms with E-state index in [2.05, 4.69) is 143 Å². The second-order valence-corrected chi connectivity index (χ2v) is 20.7. The summed E-state index contributed by atoms with van der Waals surface area (Å²) >= 11 is 0. The van der Waals surface area contributed by atoms with Gasteiger partial charge in [0.05, 0.1) is 5.52 Å². The van der Waals surface area contributed by atoms with E-state index in [0.717, 1.165) is 50.1 Å². The molecule has 0 unspecified atom stereocenters. The van der Waals surface area contributed by atoms with Crippen LogP contribution in [0.4, 0.5) is 0 Å². The molecule has 0 amide bonds. The third-order valence-electron chi connectivity index (χ3n) is 13.2. The molecule has 4 aromatic carbocycles. The number of fused-ring (bicyclic) bond motifs is 8. The van der Waals surface area contributed by atoms with Crippen LogP contribution in [0.3, 0.4) is 0 Å². The molecule has 2 atom stereocenters. The largest absolute Gasteiger partial charge is 2.00 e. The average molecular weight is 953 g/mol. The summed E-state index contributed by atoms with van der Waals surface area (Å²) in [4.78, 5) is 10.4. The zero-order valence-electron chi connectivity index (χ0n) is 38.7. The Morgan fingerprint density at radius 2 is 1.43 bits per heavy atom. The number of hydrogen-bond donors (Lipinski definition) is 0. The van der Waals surface area contributed by atoms with Crippen molar-refractivity contribution in [1.82, 2.24) is 9.55 Å². The van der Waals surface area contributed by atoms with Crippen molar-refractivity contribution in [3.63, 3.8) is 0 Å². The Morgan fingerprint density at radius 3 is 2.10 bits per heavy atom. The molecule has 0 saturated carbocycles. The predicted octanol–water partition coefficient (Wildman–Crippen LogP) is 12.8. The van der Waals surface area contributed by atoms with Gasteiger partial charge in [-0.3, -0.25) is 4.99 Å². The molecule has 2 aromatic heterocycles. The van der Waals surface area contributed by atoms with Gasteiger partial charge < -0.3 is 14.0 Å². The maximum atomic E-state index is 9.79. The Balaban J connectivity index is 0.00000499. The average Bonchev–Trinajstić information content (AvgIpc) is 3.69. The first-order chi connectivity index (χ1) is 27.2. The molecule has 2 aliphatic heterocycles. The first-order valence-corrected chi connectivity index (χ1v) is 20.4. The zero-order valence-corrected chi connectivity index (χ0v) is 39.0. The number of aliphatic imine (C=N–C) groups is 1. The summed E-state index contributed by atoms with van der Waals surface area (Å²) in [5.41, 5.74) is 9.49. The van der Waals surface area contributed by atoms with E-state index in [-0.39, 0.29) is 37.3 Å². The summed E-state index contributed by atoms with van der Waals surface area (Å²) in [5.74, 6) is 1.50. The number of hydrogen-bond acceptors (Lipinski definition) is 4. The van der Waals surface area contributed by atoms with Gasteiger partial charge >= 0.3 is 21.1 Å². The standard InChI is InChI=1S/C52H57N3O2.Pt/c1-29-19-33-28-52(49(10,11)12)51(15,39(33)20-30(29)2)54-46(57-52)32-22-34(47(4,5)6)24-36(23-32)56-43-27-42-40(21-31(43)3)50(13,14)41-26-35(48(7,8)9)25-38-37-17-16-18-53-45(37)55(42)44(38)41;/h16-22,24-26H,28H2,1-15H3;/q-2;+2/t51-,52-;/m1./s1/i28D2;.